The second kappa shape index (κ2) is 5.72. The van der Waals surface area contributed by atoms with Crippen molar-refractivity contribution in [3.05, 3.63) is 0 Å². The van der Waals surface area contributed by atoms with E-state index in [2.05, 4.69) is 17.6 Å². The molecule has 16 heavy (non-hydrogen) atoms. The molecule has 5 nitrogen and oxygen atoms in total. The molecule has 0 aromatic rings. The summed E-state index contributed by atoms with van der Waals surface area (Å²) in [6.07, 6.45) is 1.27. The summed E-state index contributed by atoms with van der Waals surface area (Å²) in [6.45, 7) is 5.09. The number of hydrogen-bond donors (Lipinski definition) is 3. The Morgan fingerprint density at radius 1 is 1.44 bits per heavy atom. The van der Waals surface area contributed by atoms with E-state index in [1.165, 1.54) is 6.42 Å². The van der Waals surface area contributed by atoms with Crippen LogP contribution < -0.4 is 10.6 Å². The number of carbonyl (C=O) groups is 2. The zero-order chi connectivity index (χ0) is 12.1. The normalized spacial score (nSPS) is 24.6. The van der Waals surface area contributed by atoms with Gasteiger partial charge in [0.05, 0.1) is 0 Å². The lowest BCUT2D eigenvalue weighted by atomic mass is 10.1. The number of aliphatic carboxylic acids is 1. The molecule has 92 valence electrons. The molecule has 3 N–H and O–H groups in total. The Morgan fingerprint density at radius 2 is 2.06 bits per heavy atom. The molecular formula is C11H20N2O3. The number of carboxylic acid groups (broad SMARTS) is 1. The summed E-state index contributed by atoms with van der Waals surface area (Å²) >= 11 is 0. The highest BCUT2D eigenvalue weighted by Crippen LogP contribution is 2.36. The quantitative estimate of drug-likeness (QED) is 0.636. The SMILES string of the molecule is CC(CNC(=O)NCC1CC1C)CC(=O)O. The molecule has 1 fully saturated rings. The van der Waals surface area contributed by atoms with Gasteiger partial charge in [0.2, 0.25) is 0 Å². The number of hydrogen-bond acceptors (Lipinski definition) is 2. The summed E-state index contributed by atoms with van der Waals surface area (Å²) < 4.78 is 0. The topological polar surface area (TPSA) is 78.4 Å². The summed E-state index contributed by atoms with van der Waals surface area (Å²) in [5.74, 6) is 0.484. The van der Waals surface area contributed by atoms with Crippen molar-refractivity contribution >= 4 is 12.0 Å². The highest BCUT2D eigenvalue weighted by molar-refractivity contribution is 5.74. The van der Waals surface area contributed by atoms with Gasteiger partial charge in [0.1, 0.15) is 0 Å². The molecule has 1 rings (SSSR count). The summed E-state index contributed by atoms with van der Waals surface area (Å²) in [7, 11) is 0. The van der Waals surface area contributed by atoms with Crippen molar-refractivity contribution in [1.29, 1.82) is 0 Å². The van der Waals surface area contributed by atoms with E-state index >= 15 is 0 Å². The van der Waals surface area contributed by atoms with Crippen LogP contribution in [-0.2, 0) is 4.79 Å². The minimum Gasteiger partial charge on any atom is -0.481 e. The second-order valence-corrected chi connectivity index (χ2v) is 4.77. The standard InChI is InChI=1S/C11H20N2O3/c1-7(3-10(14)15)5-12-11(16)13-6-9-4-8(9)2/h7-9H,3-6H2,1-2H3,(H,14,15)(H2,12,13,16). The van der Waals surface area contributed by atoms with Crippen molar-refractivity contribution in [2.45, 2.75) is 26.7 Å². The lowest BCUT2D eigenvalue weighted by Gasteiger charge is -2.11. The average Bonchev–Trinajstić information content (AvgIpc) is 2.87. The Bertz CT molecular complexity index is 268. The third-order valence-electron chi connectivity index (χ3n) is 2.94. The third kappa shape index (κ3) is 5.00. The number of nitrogens with one attached hydrogen (secondary N) is 2. The molecule has 2 amide bonds. The van der Waals surface area contributed by atoms with Crippen molar-refractivity contribution in [1.82, 2.24) is 10.6 Å². The average molecular weight is 228 g/mol. The fraction of sp³-hybridized carbons (Fsp3) is 0.818. The van der Waals surface area contributed by atoms with Gasteiger partial charge in [0.25, 0.3) is 0 Å². The molecular weight excluding hydrogens is 208 g/mol. The molecule has 0 aliphatic heterocycles. The van der Waals surface area contributed by atoms with Gasteiger partial charge in [0.15, 0.2) is 0 Å². The van der Waals surface area contributed by atoms with Gasteiger partial charge in [-0.15, -0.1) is 0 Å². The number of rotatable bonds is 6. The first-order valence-electron chi connectivity index (χ1n) is 5.72. The van der Waals surface area contributed by atoms with Crippen LogP contribution in [0.25, 0.3) is 0 Å². The van der Waals surface area contributed by atoms with Gasteiger partial charge in [-0.1, -0.05) is 13.8 Å². The first kappa shape index (κ1) is 12.8. The van der Waals surface area contributed by atoms with Crippen LogP contribution >= 0.6 is 0 Å². The molecule has 1 aliphatic carbocycles. The summed E-state index contributed by atoms with van der Waals surface area (Å²) in [5, 5.41) is 14.0. The largest absolute Gasteiger partial charge is 0.481 e. The molecule has 1 saturated carbocycles. The zero-order valence-corrected chi connectivity index (χ0v) is 9.82. The van der Waals surface area contributed by atoms with Crippen LogP contribution in [0.3, 0.4) is 0 Å². The Labute approximate surface area is 95.6 Å². The zero-order valence-electron chi connectivity index (χ0n) is 9.82. The van der Waals surface area contributed by atoms with Crippen LogP contribution in [0.4, 0.5) is 4.79 Å². The van der Waals surface area contributed by atoms with E-state index in [0.717, 1.165) is 12.5 Å². The summed E-state index contributed by atoms with van der Waals surface area (Å²) in [4.78, 5) is 21.7. The smallest absolute Gasteiger partial charge is 0.314 e. The Morgan fingerprint density at radius 3 is 2.56 bits per heavy atom. The van der Waals surface area contributed by atoms with E-state index in [1.54, 1.807) is 6.92 Å². The minimum atomic E-state index is -0.832. The van der Waals surface area contributed by atoms with Gasteiger partial charge in [0, 0.05) is 19.5 Å². The highest BCUT2D eigenvalue weighted by Gasteiger charge is 2.32. The predicted molar refractivity (Wildman–Crippen MR) is 60.1 cm³/mol. The van der Waals surface area contributed by atoms with Crippen molar-refractivity contribution in [3.63, 3.8) is 0 Å². The van der Waals surface area contributed by atoms with E-state index in [0.29, 0.717) is 12.5 Å². The molecule has 0 radical (unpaired) electrons. The lowest BCUT2D eigenvalue weighted by Crippen LogP contribution is -2.39. The van der Waals surface area contributed by atoms with E-state index in [4.69, 9.17) is 5.11 Å². The highest BCUT2D eigenvalue weighted by atomic mass is 16.4. The van der Waals surface area contributed by atoms with Gasteiger partial charge < -0.3 is 15.7 Å². The molecule has 5 heteroatoms. The second-order valence-electron chi connectivity index (χ2n) is 4.77. The third-order valence-corrected chi connectivity index (χ3v) is 2.94. The molecule has 0 spiro atoms. The van der Waals surface area contributed by atoms with Crippen molar-refractivity contribution in [3.8, 4) is 0 Å². The number of carboxylic acids is 1. The van der Waals surface area contributed by atoms with Crippen molar-refractivity contribution in [2.75, 3.05) is 13.1 Å². The van der Waals surface area contributed by atoms with Gasteiger partial charge in [-0.3, -0.25) is 4.79 Å². The van der Waals surface area contributed by atoms with E-state index in [9.17, 15) is 9.59 Å². The van der Waals surface area contributed by atoms with Gasteiger partial charge >= 0.3 is 12.0 Å². The molecule has 3 atom stereocenters. The fourth-order valence-electron chi connectivity index (χ4n) is 1.61. The lowest BCUT2D eigenvalue weighted by molar-refractivity contribution is -0.137. The molecule has 0 heterocycles. The maximum Gasteiger partial charge on any atom is 0.314 e. The van der Waals surface area contributed by atoms with Crippen LogP contribution in [-0.4, -0.2) is 30.2 Å². The first-order chi connectivity index (χ1) is 7.49. The first-order valence-corrected chi connectivity index (χ1v) is 5.72. The fourth-order valence-corrected chi connectivity index (χ4v) is 1.61. The van der Waals surface area contributed by atoms with E-state index < -0.39 is 5.97 Å². The maximum absolute atomic E-state index is 11.3. The maximum atomic E-state index is 11.3. The molecule has 0 bridgehead atoms. The van der Waals surface area contributed by atoms with E-state index in [1.807, 2.05) is 0 Å². The van der Waals surface area contributed by atoms with Gasteiger partial charge in [-0.05, 0) is 24.2 Å². The minimum absolute atomic E-state index is 0.0388. The van der Waals surface area contributed by atoms with Gasteiger partial charge in [-0.25, -0.2) is 4.79 Å². The Hall–Kier alpha value is -1.26. The molecule has 0 aromatic heterocycles. The predicted octanol–water partition coefficient (Wildman–Crippen LogP) is 1.05. The summed E-state index contributed by atoms with van der Waals surface area (Å²) in [5.41, 5.74) is 0. The number of urea groups is 1. The van der Waals surface area contributed by atoms with E-state index in [-0.39, 0.29) is 18.4 Å². The summed E-state index contributed by atoms with van der Waals surface area (Å²) in [6, 6.07) is -0.198. The number of carbonyl (C=O) groups excluding carboxylic acids is 1. The Balaban J connectivity index is 2.03. The number of amides is 2. The van der Waals surface area contributed by atoms with Crippen LogP contribution in [0.1, 0.15) is 26.7 Å². The van der Waals surface area contributed by atoms with Crippen molar-refractivity contribution < 1.29 is 14.7 Å². The van der Waals surface area contributed by atoms with Crippen LogP contribution in [0.2, 0.25) is 0 Å². The monoisotopic (exact) mass is 228 g/mol. The molecule has 3 unspecified atom stereocenters. The van der Waals surface area contributed by atoms with Crippen molar-refractivity contribution in [2.24, 2.45) is 17.8 Å². The van der Waals surface area contributed by atoms with Crippen LogP contribution in [0, 0.1) is 17.8 Å². The molecule has 0 saturated heterocycles. The molecule has 0 aromatic carbocycles. The van der Waals surface area contributed by atoms with Crippen LogP contribution in [0.5, 0.6) is 0 Å². The van der Waals surface area contributed by atoms with Crippen LogP contribution in [0.15, 0.2) is 0 Å². The van der Waals surface area contributed by atoms with Gasteiger partial charge in [-0.2, -0.15) is 0 Å². The molecule has 1 aliphatic rings. The Kier molecular flexibility index (Phi) is 4.58.